The fourth-order valence-electron chi connectivity index (χ4n) is 4.42. The monoisotopic (exact) mass is 416 g/mol. The molecular formula is C21H28N4O3S. The molecule has 0 bridgehead atoms. The number of H-pyrrole nitrogens is 1. The summed E-state index contributed by atoms with van der Waals surface area (Å²) in [5, 5.41) is 9.42. The van der Waals surface area contributed by atoms with E-state index < -0.39 is 9.84 Å². The summed E-state index contributed by atoms with van der Waals surface area (Å²) in [6.07, 6.45) is 10.0. The Kier molecular flexibility index (Phi) is 5.89. The van der Waals surface area contributed by atoms with Crippen LogP contribution in [0.3, 0.4) is 0 Å². The lowest BCUT2D eigenvalue weighted by molar-refractivity contribution is 0.194. The smallest absolute Gasteiger partial charge is 0.321 e. The van der Waals surface area contributed by atoms with Gasteiger partial charge in [-0.15, -0.1) is 0 Å². The standard InChI is InChI=1S/C21H28N4O3S/c26-21(25-11-9-16(10-12-25)17-14-22-23-15-17)24-18-5-4-8-20(13-18)29(27,28)19-6-2-1-3-7-19/h4-5,8,13-16,19H,1-3,6-7,9-12H2,(H,22,23)(H,24,26). The fraction of sp³-hybridized carbons (Fsp3) is 0.524. The van der Waals surface area contributed by atoms with Crippen LogP contribution in [0.5, 0.6) is 0 Å². The number of nitrogens with one attached hydrogen (secondary N) is 2. The summed E-state index contributed by atoms with van der Waals surface area (Å²) < 4.78 is 25.9. The Labute approximate surface area is 171 Å². The van der Waals surface area contributed by atoms with E-state index in [9.17, 15) is 13.2 Å². The lowest BCUT2D eigenvalue weighted by Gasteiger charge is -2.31. The third kappa shape index (κ3) is 4.47. The highest BCUT2D eigenvalue weighted by Crippen LogP contribution is 2.30. The SMILES string of the molecule is O=C(Nc1cccc(S(=O)(=O)C2CCCCC2)c1)N1CCC(c2cn[nH]c2)CC1. The van der Waals surface area contributed by atoms with Gasteiger partial charge in [-0.05, 0) is 55.4 Å². The topological polar surface area (TPSA) is 95.2 Å². The highest BCUT2D eigenvalue weighted by Gasteiger charge is 2.29. The van der Waals surface area contributed by atoms with E-state index in [1.807, 2.05) is 12.4 Å². The van der Waals surface area contributed by atoms with Gasteiger partial charge in [0.25, 0.3) is 0 Å². The maximum atomic E-state index is 12.9. The number of piperidine rings is 1. The molecule has 2 fully saturated rings. The number of hydrogen-bond acceptors (Lipinski definition) is 4. The van der Waals surface area contributed by atoms with Crippen molar-refractivity contribution in [2.24, 2.45) is 0 Å². The Morgan fingerprint density at radius 3 is 2.55 bits per heavy atom. The number of sulfone groups is 1. The summed E-state index contributed by atoms with van der Waals surface area (Å²) in [6, 6.07) is 6.51. The van der Waals surface area contributed by atoms with Crippen LogP contribution >= 0.6 is 0 Å². The molecule has 2 N–H and O–H groups in total. The van der Waals surface area contributed by atoms with Crippen LogP contribution in [0.15, 0.2) is 41.6 Å². The van der Waals surface area contributed by atoms with E-state index in [1.54, 1.807) is 29.2 Å². The van der Waals surface area contributed by atoms with Gasteiger partial charge < -0.3 is 10.2 Å². The molecule has 0 spiro atoms. The van der Waals surface area contributed by atoms with Gasteiger partial charge in [0.15, 0.2) is 9.84 Å². The number of nitrogens with zero attached hydrogens (tertiary/aromatic N) is 2. The van der Waals surface area contributed by atoms with Crippen LogP contribution in [-0.2, 0) is 9.84 Å². The van der Waals surface area contributed by atoms with E-state index in [0.29, 0.717) is 29.6 Å². The summed E-state index contributed by atoms with van der Waals surface area (Å²) in [5.74, 6) is 0.418. The summed E-state index contributed by atoms with van der Waals surface area (Å²) in [7, 11) is -3.35. The average Bonchev–Trinajstić information content (AvgIpc) is 3.30. The van der Waals surface area contributed by atoms with Gasteiger partial charge in [0.1, 0.15) is 0 Å². The van der Waals surface area contributed by atoms with Gasteiger partial charge in [0, 0.05) is 25.0 Å². The second kappa shape index (κ2) is 8.57. The van der Waals surface area contributed by atoms with Gasteiger partial charge in [-0.3, -0.25) is 5.10 Å². The highest BCUT2D eigenvalue weighted by molar-refractivity contribution is 7.92. The van der Waals surface area contributed by atoms with Gasteiger partial charge in [-0.2, -0.15) is 5.10 Å². The fourth-order valence-corrected chi connectivity index (χ4v) is 6.32. The molecule has 2 heterocycles. The minimum atomic E-state index is -3.35. The van der Waals surface area contributed by atoms with Crippen molar-refractivity contribution in [3.63, 3.8) is 0 Å². The van der Waals surface area contributed by atoms with Gasteiger partial charge in [-0.25, -0.2) is 13.2 Å². The Bertz CT molecular complexity index is 929. The van der Waals surface area contributed by atoms with Crippen LogP contribution < -0.4 is 5.32 Å². The average molecular weight is 417 g/mol. The number of carbonyl (C=O) groups is 1. The minimum absolute atomic E-state index is 0.178. The minimum Gasteiger partial charge on any atom is -0.324 e. The van der Waals surface area contributed by atoms with Crippen LogP contribution in [0.25, 0.3) is 0 Å². The molecule has 2 aromatic rings. The lowest BCUT2D eigenvalue weighted by atomic mass is 9.92. The molecule has 0 atom stereocenters. The Balaban J connectivity index is 1.38. The quantitative estimate of drug-likeness (QED) is 0.789. The molecule has 1 aliphatic heterocycles. The number of urea groups is 1. The summed E-state index contributed by atoms with van der Waals surface area (Å²) >= 11 is 0. The normalized spacial score (nSPS) is 19.2. The zero-order valence-electron chi connectivity index (χ0n) is 16.5. The summed E-state index contributed by atoms with van der Waals surface area (Å²) in [5.41, 5.74) is 1.72. The summed E-state index contributed by atoms with van der Waals surface area (Å²) in [6.45, 7) is 1.34. The van der Waals surface area contributed by atoms with Crippen molar-refractivity contribution in [2.75, 3.05) is 18.4 Å². The van der Waals surface area contributed by atoms with Crippen molar-refractivity contribution in [2.45, 2.75) is 61.0 Å². The number of anilines is 1. The molecule has 8 heteroatoms. The molecule has 0 radical (unpaired) electrons. The second-order valence-corrected chi connectivity index (χ2v) is 10.3. The Morgan fingerprint density at radius 2 is 1.86 bits per heavy atom. The van der Waals surface area contributed by atoms with Crippen molar-refractivity contribution < 1.29 is 13.2 Å². The molecule has 2 amide bonds. The first-order valence-electron chi connectivity index (χ1n) is 10.4. The molecule has 1 saturated heterocycles. The summed E-state index contributed by atoms with van der Waals surface area (Å²) in [4.78, 5) is 14.8. The molecule has 0 unspecified atom stereocenters. The van der Waals surface area contributed by atoms with Crippen LogP contribution in [0, 0.1) is 0 Å². The number of hydrogen-bond donors (Lipinski definition) is 2. The zero-order valence-corrected chi connectivity index (χ0v) is 17.3. The van der Waals surface area contributed by atoms with Gasteiger partial charge in [-0.1, -0.05) is 25.3 Å². The number of benzene rings is 1. The molecule has 2 aliphatic rings. The third-order valence-electron chi connectivity index (χ3n) is 6.18. The molecule has 29 heavy (non-hydrogen) atoms. The van der Waals surface area contributed by atoms with Gasteiger partial charge in [0.05, 0.1) is 16.3 Å². The third-order valence-corrected chi connectivity index (χ3v) is 8.44. The van der Waals surface area contributed by atoms with Crippen molar-refractivity contribution >= 4 is 21.6 Å². The van der Waals surface area contributed by atoms with Crippen LogP contribution in [0.1, 0.15) is 56.4 Å². The zero-order chi connectivity index (χ0) is 20.3. The predicted octanol–water partition coefficient (Wildman–Crippen LogP) is 3.93. The number of likely N-dealkylation sites (tertiary alicyclic amines) is 1. The molecule has 1 aromatic heterocycles. The van der Waals surface area contributed by atoms with Crippen molar-refractivity contribution in [1.82, 2.24) is 15.1 Å². The predicted molar refractivity (Wildman–Crippen MR) is 112 cm³/mol. The first-order valence-corrected chi connectivity index (χ1v) is 12.0. The van der Waals surface area contributed by atoms with Crippen LogP contribution in [-0.4, -0.2) is 47.9 Å². The molecule has 156 valence electrons. The number of rotatable bonds is 4. The van der Waals surface area contributed by atoms with E-state index in [-0.39, 0.29) is 11.3 Å². The number of aromatic nitrogens is 2. The first kappa shape index (κ1) is 19.9. The largest absolute Gasteiger partial charge is 0.324 e. The maximum Gasteiger partial charge on any atom is 0.321 e. The highest BCUT2D eigenvalue weighted by atomic mass is 32.2. The Morgan fingerprint density at radius 1 is 1.10 bits per heavy atom. The van der Waals surface area contributed by atoms with Gasteiger partial charge in [0.2, 0.25) is 0 Å². The second-order valence-electron chi connectivity index (χ2n) is 8.06. The first-order chi connectivity index (χ1) is 14.0. The Hall–Kier alpha value is -2.35. The van der Waals surface area contributed by atoms with Crippen molar-refractivity contribution in [1.29, 1.82) is 0 Å². The van der Waals surface area contributed by atoms with E-state index in [4.69, 9.17) is 0 Å². The molecule has 7 nitrogen and oxygen atoms in total. The number of aromatic amines is 1. The van der Waals surface area contributed by atoms with E-state index in [0.717, 1.165) is 44.9 Å². The molecule has 1 aromatic carbocycles. The molecule has 4 rings (SSSR count). The number of carbonyl (C=O) groups excluding carboxylic acids is 1. The molecular weight excluding hydrogens is 388 g/mol. The van der Waals surface area contributed by atoms with Crippen LogP contribution in [0.2, 0.25) is 0 Å². The molecule has 1 aliphatic carbocycles. The van der Waals surface area contributed by atoms with Crippen molar-refractivity contribution in [3.8, 4) is 0 Å². The van der Waals surface area contributed by atoms with E-state index in [2.05, 4.69) is 15.5 Å². The van der Waals surface area contributed by atoms with E-state index >= 15 is 0 Å². The lowest BCUT2D eigenvalue weighted by Crippen LogP contribution is -2.40. The van der Waals surface area contributed by atoms with Gasteiger partial charge >= 0.3 is 6.03 Å². The van der Waals surface area contributed by atoms with E-state index in [1.165, 1.54) is 5.56 Å². The van der Waals surface area contributed by atoms with Crippen molar-refractivity contribution in [3.05, 3.63) is 42.2 Å². The van der Waals surface area contributed by atoms with Crippen LogP contribution in [0.4, 0.5) is 10.5 Å². The maximum absolute atomic E-state index is 12.9. The molecule has 1 saturated carbocycles. The number of amides is 2.